The Balaban J connectivity index is 4.23. The van der Waals surface area contributed by atoms with E-state index >= 15 is 0 Å². The van der Waals surface area contributed by atoms with Crippen molar-refractivity contribution in [3.8, 4) is 0 Å². The van der Waals surface area contributed by atoms with Gasteiger partial charge in [0, 0.05) is 24.8 Å². The Labute approximate surface area is 104 Å². The van der Waals surface area contributed by atoms with E-state index < -0.39 is 13.6 Å². The number of carboxylic acids is 1. The third-order valence-electron chi connectivity index (χ3n) is 1.67. The molecule has 0 saturated carbocycles. The minimum Gasteiger partial charge on any atom is -0.481 e. The second kappa shape index (κ2) is 8.28. The molecular formula is C7H15Cl2N2O4P. The fourth-order valence-corrected chi connectivity index (χ4v) is 2.85. The number of hydrogen-bond acceptors (Lipinski definition) is 3. The standard InChI is InChI=1S/C7H15Cl2N2O4P/c8-2-4-11(5-3-9)16(10,14)15-6-1-7(12)13/h1-6H2,(H2,10,14)(H,12,13)/t16-/m1/s1. The van der Waals surface area contributed by atoms with E-state index in [1.165, 1.54) is 4.67 Å². The third kappa shape index (κ3) is 6.68. The van der Waals surface area contributed by atoms with Crippen LogP contribution in [-0.4, -0.2) is 47.2 Å². The summed E-state index contributed by atoms with van der Waals surface area (Å²) in [5.74, 6) is -0.568. The van der Waals surface area contributed by atoms with Crippen molar-refractivity contribution in [2.24, 2.45) is 5.50 Å². The van der Waals surface area contributed by atoms with Gasteiger partial charge in [-0.1, -0.05) is 0 Å². The van der Waals surface area contributed by atoms with Crippen molar-refractivity contribution >= 4 is 36.8 Å². The Hall–Kier alpha value is 0.160. The van der Waals surface area contributed by atoms with Gasteiger partial charge in [-0.15, -0.1) is 23.2 Å². The molecule has 0 heterocycles. The maximum atomic E-state index is 11.8. The summed E-state index contributed by atoms with van der Waals surface area (Å²) < 4.78 is 18.0. The first kappa shape index (κ1) is 16.2. The van der Waals surface area contributed by atoms with Crippen LogP contribution in [-0.2, 0) is 13.9 Å². The minimum absolute atomic E-state index is 0.204. The molecule has 0 saturated heterocycles. The summed E-state index contributed by atoms with van der Waals surface area (Å²) >= 11 is 11.0. The molecule has 0 fully saturated rings. The molecule has 0 aliphatic rings. The Morgan fingerprint density at radius 2 is 1.88 bits per heavy atom. The zero-order chi connectivity index (χ0) is 12.6. The largest absolute Gasteiger partial charge is 0.481 e. The number of carboxylic acid groups (broad SMARTS) is 1. The van der Waals surface area contributed by atoms with Crippen molar-refractivity contribution in [2.75, 3.05) is 31.5 Å². The number of halogens is 2. The summed E-state index contributed by atoms with van der Waals surface area (Å²) in [5, 5.41) is 8.39. The molecule has 0 aromatic heterocycles. The lowest BCUT2D eigenvalue weighted by molar-refractivity contribution is -0.137. The zero-order valence-corrected chi connectivity index (χ0v) is 11.0. The van der Waals surface area contributed by atoms with Crippen LogP contribution in [0.2, 0.25) is 0 Å². The molecule has 0 aliphatic carbocycles. The summed E-state index contributed by atoms with van der Waals surface area (Å²) in [6.07, 6.45) is -0.253. The van der Waals surface area contributed by atoms with E-state index in [4.69, 9.17) is 38.3 Å². The van der Waals surface area contributed by atoms with Crippen LogP contribution >= 0.6 is 30.9 Å². The van der Waals surface area contributed by atoms with Crippen LogP contribution < -0.4 is 5.50 Å². The molecule has 0 aromatic carbocycles. The molecule has 3 N–H and O–H groups in total. The van der Waals surface area contributed by atoms with Gasteiger partial charge >= 0.3 is 13.6 Å². The van der Waals surface area contributed by atoms with E-state index in [9.17, 15) is 9.36 Å². The molecule has 0 aromatic rings. The Morgan fingerprint density at radius 1 is 1.38 bits per heavy atom. The highest BCUT2D eigenvalue weighted by Crippen LogP contribution is 2.42. The molecule has 0 aliphatic heterocycles. The lowest BCUT2D eigenvalue weighted by atomic mass is 10.5. The van der Waals surface area contributed by atoms with E-state index in [-0.39, 0.29) is 37.9 Å². The minimum atomic E-state index is -3.49. The van der Waals surface area contributed by atoms with Gasteiger partial charge in [0.15, 0.2) is 0 Å². The lowest BCUT2D eigenvalue weighted by Crippen LogP contribution is -2.30. The van der Waals surface area contributed by atoms with Crippen molar-refractivity contribution in [1.29, 1.82) is 0 Å². The number of alkyl halides is 2. The van der Waals surface area contributed by atoms with Gasteiger partial charge in [-0.25, -0.2) is 10.2 Å². The molecular weight excluding hydrogens is 278 g/mol. The number of hydrogen-bond donors (Lipinski definition) is 2. The van der Waals surface area contributed by atoms with Gasteiger partial charge in [-0.3, -0.25) is 9.36 Å². The zero-order valence-electron chi connectivity index (χ0n) is 8.64. The second-order valence-electron chi connectivity index (χ2n) is 2.87. The van der Waals surface area contributed by atoms with Crippen molar-refractivity contribution in [1.82, 2.24) is 4.67 Å². The molecule has 0 bridgehead atoms. The molecule has 0 radical (unpaired) electrons. The maximum absolute atomic E-state index is 11.8. The molecule has 0 spiro atoms. The van der Waals surface area contributed by atoms with Crippen LogP contribution in [0, 0.1) is 0 Å². The van der Waals surface area contributed by atoms with Gasteiger partial charge in [0.2, 0.25) is 0 Å². The Kier molecular flexibility index (Phi) is 8.36. The summed E-state index contributed by atoms with van der Waals surface area (Å²) in [6.45, 7) is 0.342. The smallest absolute Gasteiger partial charge is 0.340 e. The van der Waals surface area contributed by atoms with Crippen molar-refractivity contribution < 1.29 is 19.0 Å². The SMILES string of the molecule is N[P@@](=O)(OCCC(=O)O)N(CCCl)CCCl. The maximum Gasteiger partial charge on any atom is 0.340 e. The second-order valence-corrected chi connectivity index (χ2v) is 5.58. The lowest BCUT2D eigenvalue weighted by Gasteiger charge is -2.26. The van der Waals surface area contributed by atoms with Crippen LogP contribution in [0.5, 0.6) is 0 Å². The molecule has 6 nitrogen and oxygen atoms in total. The average Bonchev–Trinajstić information content (AvgIpc) is 2.16. The van der Waals surface area contributed by atoms with Gasteiger partial charge in [0.25, 0.3) is 0 Å². The van der Waals surface area contributed by atoms with Crippen LogP contribution in [0.1, 0.15) is 6.42 Å². The highest BCUT2D eigenvalue weighted by Gasteiger charge is 2.26. The van der Waals surface area contributed by atoms with E-state index in [2.05, 4.69) is 0 Å². The monoisotopic (exact) mass is 292 g/mol. The van der Waals surface area contributed by atoms with Crippen molar-refractivity contribution in [3.05, 3.63) is 0 Å². The average molecular weight is 293 g/mol. The predicted molar refractivity (Wildman–Crippen MR) is 63.0 cm³/mol. The Morgan fingerprint density at radius 3 is 2.25 bits per heavy atom. The molecule has 0 unspecified atom stereocenters. The molecule has 1 atom stereocenters. The predicted octanol–water partition coefficient (Wildman–Crippen LogP) is 1.32. The first-order valence-electron chi connectivity index (χ1n) is 4.56. The van der Waals surface area contributed by atoms with Crippen LogP contribution in [0.3, 0.4) is 0 Å². The number of nitrogens with two attached hydrogens (primary N) is 1. The fourth-order valence-electron chi connectivity index (χ4n) is 0.931. The topological polar surface area (TPSA) is 92.9 Å². The number of nitrogens with zero attached hydrogens (tertiary/aromatic N) is 1. The molecule has 16 heavy (non-hydrogen) atoms. The van der Waals surface area contributed by atoms with Gasteiger partial charge in [-0.2, -0.15) is 0 Å². The van der Waals surface area contributed by atoms with Crippen LogP contribution in [0.4, 0.5) is 0 Å². The third-order valence-corrected chi connectivity index (χ3v) is 3.75. The van der Waals surface area contributed by atoms with E-state index in [1.807, 2.05) is 0 Å². The summed E-state index contributed by atoms with van der Waals surface area (Å²) in [7, 11) is -3.49. The molecule has 96 valence electrons. The normalized spacial score (nSPS) is 15.0. The van der Waals surface area contributed by atoms with Crippen molar-refractivity contribution in [3.63, 3.8) is 0 Å². The molecule has 0 amide bonds. The van der Waals surface area contributed by atoms with Crippen LogP contribution in [0.25, 0.3) is 0 Å². The Bertz CT molecular complexity index is 261. The van der Waals surface area contributed by atoms with Crippen molar-refractivity contribution in [2.45, 2.75) is 6.42 Å². The summed E-state index contributed by atoms with van der Waals surface area (Å²) in [6, 6.07) is 0. The van der Waals surface area contributed by atoms with E-state index in [0.717, 1.165) is 0 Å². The first-order chi connectivity index (χ1) is 7.44. The highest BCUT2D eigenvalue weighted by molar-refractivity contribution is 7.53. The number of carbonyl (C=O) groups is 1. The van der Waals surface area contributed by atoms with Gasteiger partial charge < -0.3 is 9.63 Å². The van der Waals surface area contributed by atoms with Gasteiger partial charge in [0.05, 0.1) is 13.0 Å². The van der Waals surface area contributed by atoms with E-state index in [1.54, 1.807) is 0 Å². The van der Waals surface area contributed by atoms with Gasteiger partial charge in [0.1, 0.15) is 0 Å². The fraction of sp³-hybridized carbons (Fsp3) is 0.857. The summed E-state index contributed by atoms with van der Waals surface area (Å²) in [4.78, 5) is 10.2. The number of aliphatic carboxylic acids is 1. The van der Waals surface area contributed by atoms with E-state index in [0.29, 0.717) is 0 Å². The van der Waals surface area contributed by atoms with Gasteiger partial charge in [-0.05, 0) is 0 Å². The molecule has 0 rings (SSSR count). The first-order valence-corrected chi connectivity index (χ1v) is 7.28. The number of rotatable bonds is 9. The summed E-state index contributed by atoms with van der Waals surface area (Å²) in [5.41, 5.74) is 5.47. The van der Waals surface area contributed by atoms with Crippen LogP contribution in [0.15, 0.2) is 0 Å². The quantitative estimate of drug-likeness (QED) is 0.492. The highest BCUT2D eigenvalue weighted by atomic mass is 35.5. The molecule has 9 heteroatoms.